The minimum Gasteiger partial charge on any atom is -0.497 e. The van der Waals surface area contributed by atoms with Crippen LogP contribution in [0.2, 0.25) is 5.02 Å². The standard InChI is InChI=1S/C32H34ClN3O4/c1-3-8-26(19-9-5-4-6-10-19)36-31(37)20-13-15-22(24(17-20)32(38)39)29-23(11-7-12-25(29)33)30-34-27-16-14-21(40-2)18-28(27)35-30/h7,11-19,26H,3-6,8-10H2,1-2H3,(H,34,35)(H,36,37)(H,38,39)/t26-/m1/s1. The van der Waals surface area contributed by atoms with Gasteiger partial charge >= 0.3 is 5.97 Å². The summed E-state index contributed by atoms with van der Waals surface area (Å²) in [5.41, 5.74) is 3.46. The van der Waals surface area contributed by atoms with Crippen LogP contribution in [0, 0.1) is 5.92 Å². The highest BCUT2D eigenvalue weighted by Crippen LogP contribution is 2.39. The van der Waals surface area contributed by atoms with Gasteiger partial charge in [-0.2, -0.15) is 0 Å². The van der Waals surface area contributed by atoms with E-state index in [-0.39, 0.29) is 17.5 Å². The molecule has 3 aromatic carbocycles. The van der Waals surface area contributed by atoms with Crippen molar-refractivity contribution in [2.45, 2.75) is 57.9 Å². The molecule has 4 aromatic rings. The number of nitrogens with zero attached hydrogens (tertiary/aromatic N) is 1. The third kappa shape index (κ3) is 5.70. The first-order valence-corrected chi connectivity index (χ1v) is 14.3. The molecule has 0 spiro atoms. The van der Waals surface area contributed by atoms with Crippen molar-refractivity contribution in [2.24, 2.45) is 5.92 Å². The van der Waals surface area contributed by atoms with Crippen molar-refractivity contribution in [2.75, 3.05) is 7.11 Å². The van der Waals surface area contributed by atoms with Crippen LogP contribution in [0.15, 0.2) is 54.6 Å². The number of amides is 1. The maximum atomic E-state index is 13.3. The molecular formula is C32H34ClN3O4. The number of hydrogen-bond donors (Lipinski definition) is 3. The summed E-state index contributed by atoms with van der Waals surface area (Å²) in [6.07, 6.45) is 7.76. The maximum absolute atomic E-state index is 13.3. The van der Waals surface area contributed by atoms with Gasteiger partial charge in [-0.3, -0.25) is 4.79 Å². The zero-order chi connectivity index (χ0) is 28.2. The Morgan fingerprint density at radius 2 is 1.90 bits per heavy atom. The number of carboxylic acid groups (broad SMARTS) is 1. The Morgan fingerprint density at radius 1 is 1.10 bits per heavy atom. The van der Waals surface area contributed by atoms with Gasteiger partial charge in [0.15, 0.2) is 0 Å². The van der Waals surface area contributed by atoms with E-state index in [0.717, 1.165) is 31.2 Å². The second-order valence-corrected chi connectivity index (χ2v) is 10.9. The maximum Gasteiger partial charge on any atom is 0.336 e. The highest BCUT2D eigenvalue weighted by atomic mass is 35.5. The Bertz CT molecular complexity index is 1540. The van der Waals surface area contributed by atoms with Crippen molar-refractivity contribution in [3.8, 4) is 28.3 Å². The smallest absolute Gasteiger partial charge is 0.336 e. The molecule has 0 bridgehead atoms. The number of benzene rings is 3. The summed E-state index contributed by atoms with van der Waals surface area (Å²) in [7, 11) is 1.60. The van der Waals surface area contributed by atoms with Crippen LogP contribution in [0.3, 0.4) is 0 Å². The van der Waals surface area contributed by atoms with Crippen LogP contribution in [0.1, 0.15) is 72.6 Å². The predicted molar refractivity (Wildman–Crippen MR) is 158 cm³/mol. The molecule has 40 heavy (non-hydrogen) atoms. The molecule has 3 N–H and O–H groups in total. The SMILES string of the molecule is CCC[C@@H](NC(=O)c1ccc(-c2c(Cl)cccc2-c2nc3cc(OC)ccc3[nH]2)c(C(=O)O)c1)C1CCCCC1. The molecule has 1 aromatic heterocycles. The molecule has 1 amide bonds. The van der Waals surface area contributed by atoms with Gasteiger partial charge in [-0.1, -0.05) is 62.4 Å². The van der Waals surface area contributed by atoms with Crippen molar-refractivity contribution in [3.63, 3.8) is 0 Å². The van der Waals surface area contributed by atoms with Crippen molar-refractivity contribution in [1.29, 1.82) is 0 Å². The number of nitrogens with one attached hydrogen (secondary N) is 2. The van der Waals surface area contributed by atoms with Crippen LogP contribution in [-0.2, 0) is 0 Å². The molecular weight excluding hydrogens is 526 g/mol. The number of aromatic amines is 1. The number of H-pyrrole nitrogens is 1. The van der Waals surface area contributed by atoms with Gasteiger partial charge in [-0.05, 0) is 61.1 Å². The lowest BCUT2D eigenvalue weighted by molar-refractivity contribution is 0.0697. The van der Waals surface area contributed by atoms with E-state index >= 15 is 0 Å². The molecule has 1 aliphatic carbocycles. The van der Waals surface area contributed by atoms with Gasteiger partial charge in [0.2, 0.25) is 0 Å². The summed E-state index contributed by atoms with van der Waals surface area (Å²) in [6, 6.07) is 15.8. The van der Waals surface area contributed by atoms with E-state index in [2.05, 4.69) is 17.2 Å². The molecule has 1 aliphatic rings. The van der Waals surface area contributed by atoms with Crippen LogP contribution < -0.4 is 10.1 Å². The molecule has 0 aliphatic heterocycles. The van der Waals surface area contributed by atoms with Crippen LogP contribution in [0.5, 0.6) is 5.75 Å². The number of imidazole rings is 1. The Morgan fingerprint density at radius 3 is 2.62 bits per heavy atom. The van der Waals surface area contributed by atoms with E-state index in [1.807, 2.05) is 24.3 Å². The van der Waals surface area contributed by atoms with Gasteiger partial charge in [-0.25, -0.2) is 9.78 Å². The summed E-state index contributed by atoms with van der Waals surface area (Å²) in [4.78, 5) is 33.9. The Hall–Kier alpha value is -3.84. The average molecular weight is 560 g/mol. The summed E-state index contributed by atoms with van der Waals surface area (Å²) < 4.78 is 5.32. The molecule has 0 unspecified atom stereocenters. The largest absolute Gasteiger partial charge is 0.497 e. The van der Waals surface area contributed by atoms with Gasteiger partial charge < -0.3 is 20.1 Å². The predicted octanol–water partition coefficient (Wildman–Crippen LogP) is 7.74. The number of carboxylic acids is 1. The summed E-state index contributed by atoms with van der Waals surface area (Å²) in [5.74, 6) is 0.314. The number of carbonyl (C=O) groups excluding carboxylic acids is 1. The van der Waals surface area contributed by atoms with E-state index in [1.54, 1.807) is 31.4 Å². The molecule has 1 fully saturated rings. The first kappa shape index (κ1) is 27.7. The lowest BCUT2D eigenvalue weighted by Crippen LogP contribution is -2.41. The van der Waals surface area contributed by atoms with Gasteiger partial charge in [0.05, 0.1) is 23.7 Å². The van der Waals surface area contributed by atoms with E-state index in [4.69, 9.17) is 21.3 Å². The number of ether oxygens (including phenoxy) is 1. The topological polar surface area (TPSA) is 104 Å². The first-order chi connectivity index (χ1) is 19.4. The fourth-order valence-electron chi connectivity index (χ4n) is 5.84. The Balaban J connectivity index is 1.52. The molecule has 0 radical (unpaired) electrons. The highest BCUT2D eigenvalue weighted by molar-refractivity contribution is 6.34. The van der Waals surface area contributed by atoms with Crippen LogP contribution >= 0.6 is 11.6 Å². The number of fused-ring (bicyclic) bond motifs is 1. The van der Waals surface area contributed by atoms with Crippen molar-refractivity contribution in [3.05, 3.63) is 70.7 Å². The number of rotatable bonds is 9. The summed E-state index contributed by atoms with van der Waals surface area (Å²) in [6.45, 7) is 2.12. The van der Waals surface area contributed by atoms with E-state index < -0.39 is 5.97 Å². The molecule has 5 rings (SSSR count). The third-order valence-corrected chi connectivity index (χ3v) is 8.19. The molecule has 1 atom stereocenters. The molecule has 7 nitrogen and oxygen atoms in total. The minimum atomic E-state index is -1.14. The van der Waals surface area contributed by atoms with E-state index in [1.165, 1.54) is 25.3 Å². The quantitative estimate of drug-likeness (QED) is 0.194. The zero-order valence-corrected chi connectivity index (χ0v) is 23.6. The van der Waals surface area contributed by atoms with Gasteiger partial charge in [0.25, 0.3) is 5.91 Å². The molecule has 208 valence electrons. The fourth-order valence-corrected chi connectivity index (χ4v) is 6.12. The minimum absolute atomic E-state index is 0.00416. The summed E-state index contributed by atoms with van der Waals surface area (Å²) in [5, 5.41) is 13.8. The van der Waals surface area contributed by atoms with Crippen LogP contribution in [0.25, 0.3) is 33.5 Å². The second kappa shape index (κ2) is 12.1. The van der Waals surface area contributed by atoms with Crippen molar-refractivity contribution >= 4 is 34.5 Å². The number of carbonyl (C=O) groups is 2. The first-order valence-electron chi connectivity index (χ1n) is 13.9. The molecule has 1 saturated carbocycles. The zero-order valence-electron chi connectivity index (χ0n) is 22.8. The van der Waals surface area contributed by atoms with E-state index in [9.17, 15) is 14.7 Å². The number of aromatic nitrogens is 2. The van der Waals surface area contributed by atoms with Crippen molar-refractivity contribution in [1.82, 2.24) is 15.3 Å². The third-order valence-electron chi connectivity index (χ3n) is 7.88. The van der Waals surface area contributed by atoms with Crippen LogP contribution in [-0.4, -0.2) is 40.1 Å². The second-order valence-electron chi connectivity index (χ2n) is 10.5. The van der Waals surface area contributed by atoms with Crippen LogP contribution in [0.4, 0.5) is 0 Å². The average Bonchev–Trinajstić information content (AvgIpc) is 3.40. The molecule has 8 heteroatoms. The lowest BCUT2D eigenvalue weighted by Gasteiger charge is -2.31. The number of methoxy groups -OCH3 is 1. The lowest BCUT2D eigenvalue weighted by atomic mass is 9.82. The normalized spacial score (nSPS) is 14.7. The van der Waals surface area contributed by atoms with Gasteiger partial charge in [0.1, 0.15) is 11.6 Å². The number of halogens is 1. The Labute approximate surface area is 238 Å². The van der Waals surface area contributed by atoms with Gasteiger partial charge in [-0.15, -0.1) is 0 Å². The summed E-state index contributed by atoms with van der Waals surface area (Å²) >= 11 is 6.69. The van der Waals surface area contributed by atoms with Gasteiger partial charge in [0, 0.05) is 33.8 Å². The van der Waals surface area contributed by atoms with Crippen molar-refractivity contribution < 1.29 is 19.4 Å². The number of aromatic carboxylic acids is 1. The molecule has 0 saturated heterocycles. The Kier molecular flexibility index (Phi) is 8.40. The molecule has 1 heterocycles. The number of hydrogen-bond acceptors (Lipinski definition) is 4. The van der Waals surface area contributed by atoms with E-state index in [0.29, 0.717) is 50.3 Å². The monoisotopic (exact) mass is 559 g/mol. The highest BCUT2D eigenvalue weighted by Gasteiger charge is 2.26. The fraction of sp³-hybridized carbons (Fsp3) is 0.344.